The highest BCUT2D eigenvalue weighted by Crippen LogP contribution is 2.27. The number of halogens is 1. The van der Waals surface area contributed by atoms with Crippen LogP contribution < -0.4 is 10.2 Å². The second-order valence-electron chi connectivity index (χ2n) is 9.33. The summed E-state index contributed by atoms with van der Waals surface area (Å²) in [6, 6.07) is 21.1. The summed E-state index contributed by atoms with van der Waals surface area (Å²) in [7, 11) is 0. The zero-order chi connectivity index (χ0) is 27.5. The average Bonchev–Trinajstić information content (AvgIpc) is 3.36. The summed E-state index contributed by atoms with van der Waals surface area (Å²) in [5, 5.41) is 3.75. The Hall–Kier alpha value is -4.07. The van der Waals surface area contributed by atoms with Gasteiger partial charge >= 0.3 is 0 Å². The standard InChI is InChI=1S/C31H25ClN2O4S/c1-2-3-4-5-19-6-9-21(10-7-19)28(35)27-18-22-16-20(8-15-26(22)38-27)17-25-29(36)33-31(39)34(30(25)37)24-13-11-23(32)12-14-24/h6-18H,2-5H2,1H3,(H,33,36,39)/b25-17+. The fourth-order valence-corrected chi connectivity index (χ4v) is 4.86. The van der Waals surface area contributed by atoms with Crippen LogP contribution in [0, 0.1) is 0 Å². The summed E-state index contributed by atoms with van der Waals surface area (Å²) in [4.78, 5) is 40.2. The van der Waals surface area contributed by atoms with E-state index in [9.17, 15) is 14.4 Å². The molecule has 8 heteroatoms. The van der Waals surface area contributed by atoms with E-state index < -0.39 is 11.8 Å². The van der Waals surface area contributed by atoms with Gasteiger partial charge in [0.15, 0.2) is 10.9 Å². The van der Waals surface area contributed by atoms with Crippen molar-refractivity contribution in [2.24, 2.45) is 0 Å². The van der Waals surface area contributed by atoms with Gasteiger partial charge in [0.1, 0.15) is 11.2 Å². The van der Waals surface area contributed by atoms with Crippen molar-refractivity contribution in [1.82, 2.24) is 5.32 Å². The number of fused-ring (bicyclic) bond motifs is 1. The van der Waals surface area contributed by atoms with E-state index in [1.807, 2.05) is 24.3 Å². The van der Waals surface area contributed by atoms with Crippen LogP contribution in [0.25, 0.3) is 17.0 Å². The molecular weight excluding hydrogens is 532 g/mol. The Morgan fingerprint density at radius 3 is 2.46 bits per heavy atom. The second kappa shape index (κ2) is 11.4. The topological polar surface area (TPSA) is 79.6 Å². The summed E-state index contributed by atoms with van der Waals surface area (Å²) < 4.78 is 5.83. The summed E-state index contributed by atoms with van der Waals surface area (Å²) in [5.41, 5.74) is 3.30. The molecule has 1 fully saturated rings. The Balaban J connectivity index is 1.38. The molecular formula is C31H25ClN2O4S. The van der Waals surface area contributed by atoms with Crippen molar-refractivity contribution in [2.75, 3.05) is 4.90 Å². The number of furan rings is 1. The summed E-state index contributed by atoms with van der Waals surface area (Å²) in [6.07, 6.45) is 5.97. The molecule has 3 aromatic carbocycles. The predicted octanol–water partition coefficient (Wildman–Crippen LogP) is 6.88. The van der Waals surface area contributed by atoms with Crippen LogP contribution in [0.3, 0.4) is 0 Å². The van der Waals surface area contributed by atoms with E-state index in [2.05, 4.69) is 12.2 Å². The molecule has 2 amide bonds. The highest BCUT2D eigenvalue weighted by molar-refractivity contribution is 7.80. The van der Waals surface area contributed by atoms with Crippen molar-refractivity contribution >= 4 is 69.3 Å². The van der Waals surface area contributed by atoms with Gasteiger partial charge in [-0.1, -0.05) is 61.7 Å². The lowest BCUT2D eigenvalue weighted by molar-refractivity contribution is -0.122. The third-order valence-corrected chi connectivity index (χ3v) is 7.08. The smallest absolute Gasteiger partial charge is 0.270 e. The largest absolute Gasteiger partial charge is 0.453 e. The molecule has 0 aliphatic carbocycles. The van der Waals surface area contributed by atoms with Crippen molar-refractivity contribution in [3.63, 3.8) is 0 Å². The number of amides is 2. The van der Waals surface area contributed by atoms with Gasteiger partial charge in [0.05, 0.1) is 5.69 Å². The molecule has 1 saturated heterocycles. The zero-order valence-electron chi connectivity index (χ0n) is 21.2. The molecule has 0 atom stereocenters. The van der Waals surface area contributed by atoms with Gasteiger partial charge in [-0.25, -0.2) is 0 Å². The van der Waals surface area contributed by atoms with Gasteiger partial charge in [-0.05, 0) is 84.7 Å². The van der Waals surface area contributed by atoms with Gasteiger partial charge in [-0.2, -0.15) is 0 Å². The molecule has 4 aromatic rings. The van der Waals surface area contributed by atoms with Crippen LogP contribution in [0.5, 0.6) is 0 Å². The molecule has 0 unspecified atom stereocenters. The quantitative estimate of drug-likeness (QED) is 0.0841. The number of nitrogens with one attached hydrogen (secondary N) is 1. The van der Waals surface area contributed by atoms with Crippen LogP contribution in [0.1, 0.15) is 53.4 Å². The van der Waals surface area contributed by atoms with Crippen LogP contribution in [-0.2, 0) is 16.0 Å². The van der Waals surface area contributed by atoms with Crippen molar-refractivity contribution in [1.29, 1.82) is 0 Å². The second-order valence-corrected chi connectivity index (χ2v) is 10.1. The average molecular weight is 557 g/mol. The van der Waals surface area contributed by atoms with Crippen LogP contribution in [-0.4, -0.2) is 22.7 Å². The number of carbonyl (C=O) groups excluding carboxylic acids is 3. The van der Waals surface area contributed by atoms with Gasteiger partial charge < -0.3 is 4.42 Å². The zero-order valence-corrected chi connectivity index (χ0v) is 22.8. The minimum absolute atomic E-state index is 0.00749. The number of aryl methyl sites for hydroxylation is 1. The van der Waals surface area contributed by atoms with E-state index in [4.69, 9.17) is 28.2 Å². The third-order valence-electron chi connectivity index (χ3n) is 6.55. The molecule has 1 aliphatic rings. The lowest BCUT2D eigenvalue weighted by Gasteiger charge is -2.28. The number of rotatable bonds is 8. The molecule has 1 N–H and O–H groups in total. The van der Waals surface area contributed by atoms with E-state index in [1.54, 1.807) is 48.5 Å². The number of hydrogen-bond donors (Lipinski definition) is 1. The lowest BCUT2D eigenvalue weighted by Crippen LogP contribution is -2.54. The first kappa shape index (κ1) is 26.5. The Morgan fingerprint density at radius 1 is 1.00 bits per heavy atom. The Labute approximate surface area is 236 Å². The maximum absolute atomic E-state index is 13.3. The Kier molecular flexibility index (Phi) is 7.72. The summed E-state index contributed by atoms with van der Waals surface area (Å²) in [5.74, 6) is -1.12. The number of nitrogens with zero attached hydrogens (tertiary/aromatic N) is 1. The first-order valence-corrected chi connectivity index (χ1v) is 13.5. The monoisotopic (exact) mass is 556 g/mol. The minimum Gasteiger partial charge on any atom is -0.453 e. The van der Waals surface area contributed by atoms with Crippen LogP contribution in [0.2, 0.25) is 5.02 Å². The van der Waals surface area contributed by atoms with E-state index in [0.29, 0.717) is 32.8 Å². The van der Waals surface area contributed by atoms with Gasteiger partial charge in [0.25, 0.3) is 11.8 Å². The maximum Gasteiger partial charge on any atom is 0.270 e. The molecule has 1 aromatic heterocycles. The third kappa shape index (κ3) is 5.70. The lowest BCUT2D eigenvalue weighted by atomic mass is 10.0. The molecule has 5 rings (SSSR count). The Bertz CT molecular complexity index is 1620. The SMILES string of the molecule is CCCCCc1ccc(C(=O)c2cc3cc(/C=C4\C(=O)NC(=S)N(c5ccc(Cl)cc5)C4=O)ccc3o2)cc1. The number of thiocarbonyl (C=S) groups is 1. The first-order valence-electron chi connectivity index (χ1n) is 12.7. The van der Waals surface area contributed by atoms with Crippen LogP contribution >= 0.6 is 23.8 Å². The Morgan fingerprint density at radius 2 is 1.74 bits per heavy atom. The van der Waals surface area contributed by atoms with Crippen LogP contribution in [0.4, 0.5) is 5.69 Å². The highest BCUT2D eigenvalue weighted by Gasteiger charge is 2.34. The maximum atomic E-state index is 13.3. The number of unbranched alkanes of at least 4 members (excludes halogenated alkanes) is 2. The van der Waals surface area contributed by atoms with E-state index in [-0.39, 0.29) is 22.2 Å². The van der Waals surface area contributed by atoms with Gasteiger partial charge in [0.2, 0.25) is 5.78 Å². The molecule has 0 radical (unpaired) electrons. The minimum atomic E-state index is -0.587. The molecule has 196 valence electrons. The fraction of sp³-hybridized carbons (Fsp3) is 0.161. The van der Waals surface area contributed by atoms with Crippen molar-refractivity contribution in [3.8, 4) is 0 Å². The number of benzene rings is 3. The predicted molar refractivity (Wildman–Crippen MR) is 157 cm³/mol. The number of carbonyl (C=O) groups is 3. The molecule has 0 bridgehead atoms. The van der Waals surface area contributed by atoms with Crippen molar-refractivity contribution < 1.29 is 18.8 Å². The number of anilines is 1. The van der Waals surface area contributed by atoms with E-state index in [0.717, 1.165) is 12.8 Å². The van der Waals surface area contributed by atoms with Crippen molar-refractivity contribution in [2.45, 2.75) is 32.6 Å². The molecule has 0 spiro atoms. The normalized spacial score (nSPS) is 14.8. The first-order chi connectivity index (χ1) is 18.8. The highest BCUT2D eigenvalue weighted by atomic mass is 35.5. The fourth-order valence-electron chi connectivity index (χ4n) is 4.46. The molecule has 2 heterocycles. The number of hydrogen-bond acceptors (Lipinski definition) is 5. The molecule has 6 nitrogen and oxygen atoms in total. The summed E-state index contributed by atoms with van der Waals surface area (Å²) >= 11 is 11.2. The van der Waals surface area contributed by atoms with Gasteiger partial charge in [0, 0.05) is 16.0 Å². The van der Waals surface area contributed by atoms with Crippen molar-refractivity contribution in [3.05, 3.63) is 106 Å². The molecule has 39 heavy (non-hydrogen) atoms. The van der Waals surface area contributed by atoms with Gasteiger partial charge in [-0.3, -0.25) is 24.6 Å². The van der Waals surface area contributed by atoms with E-state index in [1.165, 1.54) is 29.4 Å². The summed E-state index contributed by atoms with van der Waals surface area (Å²) in [6.45, 7) is 2.17. The molecule has 1 aliphatic heterocycles. The molecule has 0 saturated carbocycles. The van der Waals surface area contributed by atoms with Crippen LogP contribution in [0.15, 0.2) is 82.8 Å². The van der Waals surface area contributed by atoms with Gasteiger partial charge in [-0.15, -0.1) is 0 Å². The number of ketones is 1. The van der Waals surface area contributed by atoms with E-state index >= 15 is 0 Å².